The molecule has 16 heavy (non-hydrogen) atoms. The molecule has 1 atom stereocenters. The van der Waals surface area contributed by atoms with Crippen LogP contribution in [0.25, 0.3) is 0 Å². The summed E-state index contributed by atoms with van der Waals surface area (Å²) < 4.78 is 13.3. The molecule has 1 aromatic carbocycles. The molecule has 0 amide bonds. The van der Waals surface area contributed by atoms with Gasteiger partial charge in [0.05, 0.1) is 0 Å². The maximum absolute atomic E-state index is 13.3. The van der Waals surface area contributed by atoms with Crippen LogP contribution >= 0.6 is 0 Å². The maximum atomic E-state index is 13.3. The van der Waals surface area contributed by atoms with E-state index in [0.717, 1.165) is 24.0 Å². The van der Waals surface area contributed by atoms with E-state index in [-0.39, 0.29) is 5.54 Å². The summed E-state index contributed by atoms with van der Waals surface area (Å²) in [6.45, 7) is 1.57. The third-order valence-electron chi connectivity index (χ3n) is 3.67. The Balaban J connectivity index is 2.28. The monoisotopic (exact) mass is 221 g/mol. The first kappa shape index (κ1) is 11.6. The predicted octanol–water partition coefficient (Wildman–Crippen LogP) is 3.84. The number of hydrogen-bond acceptors (Lipinski definition) is 1. The van der Waals surface area contributed by atoms with Gasteiger partial charge in [-0.2, -0.15) is 0 Å². The van der Waals surface area contributed by atoms with E-state index >= 15 is 0 Å². The standard InChI is InChI=1S/C14H20FN/c1-11(15)12-6-5-7-13(10-12)14(16)8-3-2-4-9-14/h5-7,10-11H,2-4,8-9,16H2,1H3. The number of benzene rings is 1. The van der Waals surface area contributed by atoms with Crippen LogP contribution in [0.2, 0.25) is 0 Å². The Kier molecular flexibility index (Phi) is 3.29. The van der Waals surface area contributed by atoms with Crippen LogP contribution < -0.4 is 5.73 Å². The molecule has 2 heteroatoms. The van der Waals surface area contributed by atoms with E-state index in [1.807, 2.05) is 24.3 Å². The molecule has 2 N–H and O–H groups in total. The molecular formula is C14H20FN. The van der Waals surface area contributed by atoms with Crippen LogP contribution in [-0.4, -0.2) is 0 Å². The SMILES string of the molecule is CC(F)c1cccc(C2(N)CCCCC2)c1. The van der Waals surface area contributed by atoms with Crippen LogP contribution in [0.4, 0.5) is 4.39 Å². The van der Waals surface area contributed by atoms with Crippen LogP contribution in [0.5, 0.6) is 0 Å². The fraction of sp³-hybridized carbons (Fsp3) is 0.571. The minimum Gasteiger partial charge on any atom is -0.321 e. The summed E-state index contributed by atoms with van der Waals surface area (Å²) in [5.74, 6) is 0. The summed E-state index contributed by atoms with van der Waals surface area (Å²) in [5, 5.41) is 0. The zero-order chi connectivity index (χ0) is 11.6. The topological polar surface area (TPSA) is 26.0 Å². The molecule has 0 spiro atoms. The number of rotatable bonds is 2. The molecule has 0 aromatic heterocycles. The fourth-order valence-electron chi connectivity index (χ4n) is 2.57. The van der Waals surface area contributed by atoms with Crippen molar-refractivity contribution in [2.45, 2.75) is 50.7 Å². The second-order valence-electron chi connectivity index (χ2n) is 4.96. The first-order valence-electron chi connectivity index (χ1n) is 6.15. The van der Waals surface area contributed by atoms with Crippen molar-refractivity contribution in [3.8, 4) is 0 Å². The van der Waals surface area contributed by atoms with E-state index < -0.39 is 6.17 Å². The Morgan fingerprint density at radius 2 is 1.94 bits per heavy atom. The number of halogens is 1. The van der Waals surface area contributed by atoms with Crippen molar-refractivity contribution in [1.29, 1.82) is 0 Å². The highest BCUT2D eigenvalue weighted by atomic mass is 19.1. The molecule has 1 fully saturated rings. The van der Waals surface area contributed by atoms with Crippen molar-refractivity contribution in [2.75, 3.05) is 0 Å². The van der Waals surface area contributed by atoms with Crippen molar-refractivity contribution in [3.05, 3.63) is 35.4 Å². The third kappa shape index (κ3) is 2.27. The lowest BCUT2D eigenvalue weighted by Crippen LogP contribution is -2.38. The number of nitrogens with two attached hydrogens (primary N) is 1. The van der Waals surface area contributed by atoms with Gasteiger partial charge in [-0.05, 0) is 30.9 Å². The summed E-state index contributed by atoms with van der Waals surface area (Å²) >= 11 is 0. The third-order valence-corrected chi connectivity index (χ3v) is 3.67. The summed E-state index contributed by atoms with van der Waals surface area (Å²) in [7, 11) is 0. The van der Waals surface area contributed by atoms with E-state index in [1.165, 1.54) is 19.3 Å². The zero-order valence-electron chi connectivity index (χ0n) is 9.88. The van der Waals surface area contributed by atoms with Gasteiger partial charge in [-0.3, -0.25) is 0 Å². The van der Waals surface area contributed by atoms with Gasteiger partial charge in [-0.1, -0.05) is 43.5 Å². The summed E-state index contributed by atoms with van der Waals surface area (Å²) in [5.41, 5.74) is 8.06. The molecule has 1 aliphatic rings. The molecule has 0 saturated heterocycles. The van der Waals surface area contributed by atoms with Crippen molar-refractivity contribution in [3.63, 3.8) is 0 Å². The average Bonchev–Trinajstić information content (AvgIpc) is 2.30. The van der Waals surface area contributed by atoms with Gasteiger partial charge in [-0.25, -0.2) is 4.39 Å². The van der Waals surface area contributed by atoms with Gasteiger partial charge in [0.2, 0.25) is 0 Å². The summed E-state index contributed by atoms with van der Waals surface area (Å²) in [4.78, 5) is 0. The van der Waals surface area contributed by atoms with E-state index in [4.69, 9.17) is 5.73 Å². The van der Waals surface area contributed by atoms with Crippen molar-refractivity contribution >= 4 is 0 Å². The molecule has 1 nitrogen and oxygen atoms in total. The van der Waals surface area contributed by atoms with Crippen LogP contribution in [0.15, 0.2) is 24.3 Å². The highest BCUT2D eigenvalue weighted by molar-refractivity contribution is 5.30. The summed E-state index contributed by atoms with van der Waals surface area (Å²) in [6, 6.07) is 7.73. The average molecular weight is 221 g/mol. The molecule has 1 unspecified atom stereocenters. The molecule has 1 aromatic rings. The van der Waals surface area contributed by atoms with Gasteiger partial charge < -0.3 is 5.73 Å². The number of alkyl halides is 1. The van der Waals surface area contributed by atoms with E-state index in [1.54, 1.807) is 6.92 Å². The molecule has 1 saturated carbocycles. The Bertz CT molecular complexity index is 354. The molecular weight excluding hydrogens is 201 g/mol. The minimum absolute atomic E-state index is 0.219. The first-order valence-corrected chi connectivity index (χ1v) is 6.15. The van der Waals surface area contributed by atoms with Crippen LogP contribution in [0.1, 0.15) is 56.3 Å². The van der Waals surface area contributed by atoms with Gasteiger partial charge in [0.1, 0.15) is 6.17 Å². The Morgan fingerprint density at radius 3 is 2.56 bits per heavy atom. The second kappa shape index (κ2) is 4.54. The Hall–Kier alpha value is -0.890. The highest BCUT2D eigenvalue weighted by Gasteiger charge is 2.29. The van der Waals surface area contributed by atoms with Gasteiger partial charge in [0.25, 0.3) is 0 Å². The quantitative estimate of drug-likeness (QED) is 0.806. The lowest BCUT2D eigenvalue weighted by molar-refractivity contribution is 0.301. The van der Waals surface area contributed by atoms with Crippen LogP contribution in [0.3, 0.4) is 0 Å². The van der Waals surface area contributed by atoms with Crippen molar-refractivity contribution < 1.29 is 4.39 Å². The van der Waals surface area contributed by atoms with Gasteiger partial charge in [0, 0.05) is 5.54 Å². The Morgan fingerprint density at radius 1 is 1.25 bits per heavy atom. The van der Waals surface area contributed by atoms with E-state index in [0.29, 0.717) is 0 Å². The smallest absolute Gasteiger partial charge is 0.122 e. The minimum atomic E-state index is -0.910. The zero-order valence-corrected chi connectivity index (χ0v) is 9.88. The highest BCUT2D eigenvalue weighted by Crippen LogP contribution is 2.35. The van der Waals surface area contributed by atoms with Gasteiger partial charge >= 0.3 is 0 Å². The van der Waals surface area contributed by atoms with E-state index in [9.17, 15) is 4.39 Å². The first-order chi connectivity index (χ1) is 7.62. The molecule has 0 heterocycles. The lowest BCUT2D eigenvalue weighted by atomic mass is 9.77. The molecule has 0 bridgehead atoms. The van der Waals surface area contributed by atoms with Crippen LogP contribution in [-0.2, 0) is 5.54 Å². The molecule has 0 aliphatic heterocycles. The van der Waals surface area contributed by atoms with Gasteiger partial charge in [-0.15, -0.1) is 0 Å². The Labute approximate surface area is 96.9 Å². The van der Waals surface area contributed by atoms with Crippen molar-refractivity contribution in [2.24, 2.45) is 5.73 Å². The largest absolute Gasteiger partial charge is 0.321 e. The van der Waals surface area contributed by atoms with Crippen molar-refractivity contribution in [1.82, 2.24) is 0 Å². The maximum Gasteiger partial charge on any atom is 0.122 e. The fourth-order valence-corrected chi connectivity index (χ4v) is 2.57. The number of hydrogen-bond donors (Lipinski definition) is 1. The predicted molar refractivity (Wildman–Crippen MR) is 64.9 cm³/mol. The normalized spacial score (nSPS) is 21.7. The lowest BCUT2D eigenvalue weighted by Gasteiger charge is -2.34. The molecule has 88 valence electrons. The van der Waals surface area contributed by atoms with E-state index in [2.05, 4.69) is 0 Å². The molecule has 2 rings (SSSR count). The second-order valence-corrected chi connectivity index (χ2v) is 4.96. The molecule has 1 aliphatic carbocycles. The van der Waals surface area contributed by atoms with Crippen LogP contribution in [0, 0.1) is 0 Å². The summed E-state index contributed by atoms with van der Waals surface area (Å²) in [6.07, 6.45) is 4.79. The molecule has 0 radical (unpaired) electrons. The van der Waals surface area contributed by atoms with Gasteiger partial charge in [0.15, 0.2) is 0 Å².